The summed E-state index contributed by atoms with van der Waals surface area (Å²) in [4.78, 5) is 25.5. The summed E-state index contributed by atoms with van der Waals surface area (Å²) in [5.41, 5.74) is 2.96. The average molecular weight is 496 g/mol. The number of amides is 2. The number of sulfonamides is 1. The molecule has 0 heterocycles. The Bertz CT molecular complexity index is 1220. The number of alkyl carbamates (subject to hydrolysis) is 1. The normalized spacial score (nSPS) is 11.9. The topological polar surface area (TPSA) is 114 Å². The maximum absolute atomic E-state index is 13.1. The van der Waals surface area contributed by atoms with Crippen molar-refractivity contribution in [1.29, 1.82) is 0 Å². The molecule has 0 radical (unpaired) electrons. The van der Waals surface area contributed by atoms with Gasteiger partial charge in [0.15, 0.2) is 0 Å². The minimum Gasteiger partial charge on any atom is -0.445 e. The first-order valence-electron chi connectivity index (χ1n) is 11.1. The monoisotopic (exact) mass is 495 g/mol. The van der Waals surface area contributed by atoms with Gasteiger partial charge in [-0.2, -0.15) is 0 Å². The quantitative estimate of drug-likeness (QED) is 0.379. The first-order chi connectivity index (χ1) is 16.9. The molecule has 0 fully saturated rings. The van der Waals surface area contributed by atoms with Crippen molar-refractivity contribution in [2.75, 3.05) is 7.05 Å². The van der Waals surface area contributed by atoms with Crippen LogP contribution in [0.1, 0.15) is 22.3 Å². The number of hydrogen-bond donors (Lipinski definition) is 3. The minimum absolute atomic E-state index is 0.0830. The van der Waals surface area contributed by atoms with Crippen molar-refractivity contribution in [3.05, 3.63) is 107 Å². The molecule has 0 saturated carbocycles. The summed E-state index contributed by atoms with van der Waals surface area (Å²) in [6, 6.07) is 24.7. The SMILES string of the molecule is CNS(=O)(=O)Cc1ccccc1CNC(=O)[C@H](Cc1ccccc1)NC(=O)OCc1ccccc1. The van der Waals surface area contributed by atoms with Gasteiger partial charge in [0.2, 0.25) is 15.9 Å². The number of rotatable bonds is 11. The lowest BCUT2D eigenvalue weighted by Crippen LogP contribution is -2.48. The highest BCUT2D eigenvalue weighted by Gasteiger charge is 2.22. The van der Waals surface area contributed by atoms with E-state index in [9.17, 15) is 18.0 Å². The van der Waals surface area contributed by atoms with Crippen LogP contribution in [0.5, 0.6) is 0 Å². The molecule has 0 spiro atoms. The highest BCUT2D eigenvalue weighted by molar-refractivity contribution is 7.88. The molecule has 3 N–H and O–H groups in total. The summed E-state index contributed by atoms with van der Waals surface area (Å²) in [5.74, 6) is -0.607. The smallest absolute Gasteiger partial charge is 0.408 e. The fourth-order valence-electron chi connectivity index (χ4n) is 3.42. The molecule has 0 aromatic heterocycles. The fourth-order valence-corrected chi connectivity index (χ4v) is 4.25. The second kappa shape index (κ2) is 12.7. The highest BCUT2D eigenvalue weighted by atomic mass is 32.2. The Labute approximate surface area is 205 Å². The van der Waals surface area contributed by atoms with E-state index in [4.69, 9.17) is 4.74 Å². The molecule has 1 atom stereocenters. The lowest BCUT2D eigenvalue weighted by Gasteiger charge is -2.19. The van der Waals surface area contributed by atoms with Gasteiger partial charge in [0.05, 0.1) is 5.75 Å². The van der Waals surface area contributed by atoms with Gasteiger partial charge in [0.1, 0.15) is 12.6 Å². The summed E-state index contributed by atoms with van der Waals surface area (Å²) in [7, 11) is -2.11. The van der Waals surface area contributed by atoms with Crippen molar-refractivity contribution in [2.45, 2.75) is 31.4 Å². The first-order valence-corrected chi connectivity index (χ1v) is 12.8. The molecule has 0 aliphatic carbocycles. The third-order valence-electron chi connectivity index (χ3n) is 5.33. The predicted octanol–water partition coefficient (Wildman–Crippen LogP) is 2.89. The molecule has 184 valence electrons. The van der Waals surface area contributed by atoms with Gasteiger partial charge in [-0.05, 0) is 29.3 Å². The van der Waals surface area contributed by atoms with E-state index in [0.717, 1.165) is 11.1 Å². The summed E-state index contributed by atoms with van der Waals surface area (Å²) < 4.78 is 31.6. The molecule has 0 aliphatic rings. The number of nitrogens with one attached hydrogen (secondary N) is 3. The van der Waals surface area contributed by atoms with Crippen molar-refractivity contribution in [1.82, 2.24) is 15.4 Å². The molecule has 8 nitrogen and oxygen atoms in total. The zero-order valence-electron chi connectivity index (χ0n) is 19.4. The molecule has 2 amide bonds. The van der Waals surface area contributed by atoms with Crippen LogP contribution < -0.4 is 15.4 Å². The van der Waals surface area contributed by atoms with Crippen LogP contribution in [0.25, 0.3) is 0 Å². The molecular formula is C26H29N3O5S. The second-order valence-electron chi connectivity index (χ2n) is 7.90. The van der Waals surface area contributed by atoms with Gasteiger partial charge in [-0.25, -0.2) is 17.9 Å². The molecule has 0 saturated heterocycles. The Hall–Kier alpha value is -3.69. The number of carbonyl (C=O) groups is 2. The molecule has 0 aliphatic heterocycles. The predicted molar refractivity (Wildman–Crippen MR) is 134 cm³/mol. The maximum Gasteiger partial charge on any atom is 0.408 e. The van der Waals surface area contributed by atoms with Gasteiger partial charge < -0.3 is 15.4 Å². The van der Waals surface area contributed by atoms with Crippen LogP contribution in [0.2, 0.25) is 0 Å². The standard InChI is InChI=1S/C26H29N3O5S/c1-27-35(32,33)19-23-15-9-8-14-22(23)17-28-25(30)24(16-20-10-4-2-5-11-20)29-26(31)34-18-21-12-6-3-7-13-21/h2-15,24,27H,16-19H2,1H3,(H,28,30)(H,29,31)/t24-/m0/s1. The second-order valence-corrected chi connectivity index (χ2v) is 9.82. The van der Waals surface area contributed by atoms with Crippen molar-refractivity contribution in [2.24, 2.45) is 0 Å². The molecule has 35 heavy (non-hydrogen) atoms. The van der Waals surface area contributed by atoms with Gasteiger partial charge in [-0.3, -0.25) is 4.79 Å². The summed E-state index contributed by atoms with van der Waals surface area (Å²) in [6.45, 7) is 0.194. The van der Waals surface area contributed by atoms with Crippen LogP contribution in [0.15, 0.2) is 84.9 Å². The molecule has 0 unspecified atom stereocenters. The van der Waals surface area contributed by atoms with Crippen molar-refractivity contribution in [3.8, 4) is 0 Å². The maximum atomic E-state index is 13.1. The van der Waals surface area contributed by atoms with Gasteiger partial charge in [0, 0.05) is 13.0 Å². The highest BCUT2D eigenvalue weighted by Crippen LogP contribution is 2.12. The van der Waals surface area contributed by atoms with Crippen LogP contribution in [0, 0.1) is 0 Å². The first kappa shape index (κ1) is 25.9. The van der Waals surface area contributed by atoms with Crippen molar-refractivity contribution < 1.29 is 22.7 Å². The van der Waals surface area contributed by atoms with Gasteiger partial charge in [-0.1, -0.05) is 84.9 Å². The Balaban J connectivity index is 1.67. The van der Waals surface area contributed by atoms with Crippen LogP contribution in [-0.2, 0) is 44.9 Å². The Kier molecular flexibility index (Phi) is 9.39. The lowest BCUT2D eigenvalue weighted by atomic mass is 10.0. The summed E-state index contributed by atoms with van der Waals surface area (Å²) in [5, 5.41) is 5.47. The number of carbonyl (C=O) groups excluding carboxylic acids is 2. The Morgan fingerprint density at radius 1 is 0.829 bits per heavy atom. The van der Waals surface area contributed by atoms with Crippen molar-refractivity contribution in [3.63, 3.8) is 0 Å². The lowest BCUT2D eigenvalue weighted by molar-refractivity contribution is -0.123. The van der Waals surface area contributed by atoms with E-state index in [0.29, 0.717) is 11.1 Å². The van der Waals surface area contributed by atoms with E-state index in [1.165, 1.54) is 7.05 Å². The van der Waals surface area contributed by atoms with Crippen molar-refractivity contribution >= 4 is 22.0 Å². The van der Waals surface area contributed by atoms with Crippen LogP contribution in [0.4, 0.5) is 4.79 Å². The van der Waals surface area contributed by atoms with Crippen LogP contribution >= 0.6 is 0 Å². The Morgan fingerprint density at radius 2 is 1.40 bits per heavy atom. The fraction of sp³-hybridized carbons (Fsp3) is 0.231. The van der Waals surface area contributed by atoms with E-state index in [-0.39, 0.29) is 25.3 Å². The van der Waals surface area contributed by atoms with E-state index >= 15 is 0 Å². The molecule has 9 heteroatoms. The third-order valence-corrected chi connectivity index (χ3v) is 6.65. The number of hydrogen-bond acceptors (Lipinski definition) is 5. The third kappa shape index (κ3) is 8.55. The van der Waals surface area contributed by atoms with Gasteiger partial charge in [-0.15, -0.1) is 0 Å². The number of ether oxygens (including phenoxy) is 1. The van der Waals surface area contributed by atoms with E-state index in [1.54, 1.807) is 24.3 Å². The molecular weight excluding hydrogens is 466 g/mol. The van der Waals surface area contributed by atoms with E-state index in [1.807, 2.05) is 60.7 Å². The van der Waals surface area contributed by atoms with E-state index < -0.39 is 28.1 Å². The van der Waals surface area contributed by atoms with E-state index in [2.05, 4.69) is 15.4 Å². The number of benzene rings is 3. The van der Waals surface area contributed by atoms with Crippen LogP contribution in [0.3, 0.4) is 0 Å². The summed E-state index contributed by atoms with van der Waals surface area (Å²) in [6.07, 6.45) is -0.437. The summed E-state index contributed by atoms with van der Waals surface area (Å²) >= 11 is 0. The Morgan fingerprint density at radius 3 is 2.03 bits per heavy atom. The molecule has 0 bridgehead atoms. The van der Waals surface area contributed by atoms with Crippen LogP contribution in [-0.4, -0.2) is 33.5 Å². The van der Waals surface area contributed by atoms with Gasteiger partial charge >= 0.3 is 6.09 Å². The largest absolute Gasteiger partial charge is 0.445 e. The zero-order chi connectivity index (χ0) is 25.1. The van der Waals surface area contributed by atoms with Gasteiger partial charge in [0.25, 0.3) is 0 Å². The average Bonchev–Trinajstić information content (AvgIpc) is 2.87. The zero-order valence-corrected chi connectivity index (χ0v) is 20.3. The molecule has 3 aromatic carbocycles. The molecule has 3 aromatic rings. The molecule has 3 rings (SSSR count). The minimum atomic E-state index is -3.47.